The number of anilines is 1. The first-order valence-electron chi connectivity index (χ1n) is 14.5. The van der Waals surface area contributed by atoms with Crippen LogP contribution in [-0.4, -0.2) is 40.0 Å². The summed E-state index contributed by atoms with van der Waals surface area (Å²) < 4.78 is 0. The molecule has 230 valence electrons. The Bertz CT molecular complexity index is 1630. The van der Waals surface area contributed by atoms with Crippen molar-refractivity contribution in [3.05, 3.63) is 107 Å². The first kappa shape index (κ1) is 33.5. The summed E-state index contributed by atoms with van der Waals surface area (Å²) in [5.74, 6) is -1.46. The van der Waals surface area contributed by atoms with E-state index in [1.165, 1.54) is 0 Å². The Balaban J connectivity index is 1.65. The summed E-state index contributed by atoms with van der Waals surface area (Å²) in [6.07, 6.45) is 1.93. The van der Waals surface area contributed by atoms with E-state index in [2.05, 4.69) is 34.1 Å². The molecule has 0 aliphatic rings. The lowest BCUT2D eigenvalue weighted by molar-refractivity contribution is -0.138. The summed E-state index contributed by atoms with van der Waals surface area (Å²) >= 11 is 0. The lowest BCUT2D eigenvalue weighted by Crippen LogP contribution is -2.43. The Morgan fingerprint density at radius 1 is 0.955 bits per heavy atom. The van der Waals surface area contributed by atoms with E-state index in [0.717, 1.165) is 32.9 Å². The highest BCUT2D eigenvalue weighted by Crippen LogP contribution is 2.23. The molecular weight excluding hydrogens is 552 g/mol. The van der Waals surface area contributed by atoms with Crippen LogP contribution in [0.5, 0.6) is 0 Å². The van der Waals surface area contributed by atoms with Crippen molar-refractivity contribution in [2.75, 3.05) is 11.9 Å². The molecule has 1 heterocycles. The van der Waals surface area contributed by atoms with E-state index in [-0.39, 0.29) is 24.8 Å². The predicted molar refractivity (Wildman–Crippen MR) is 176 cm³/mol. The van der Waals surface area contributed by atoms with Crippen LogP contribution in [0.25, 0.3) is 24.3 Å². The molecule has 0 fully saturated rings. The molecule has 2 amide bonds. The van der Waals surface area contributed by atoms with Gasteiger partial charge in [-0.2, -0.15) is 0 Å². The largest absolute Gasteiger partial charge is 0.481 e. The van der Waals surface area contributed by atoms with Gasteiger partial charge in [-0.05, 0) is 72.0 Å². The highest BCUT2D eigenvalue weighted by molar-refractivity contribution is 5.86. The van der Waals surface area contributed by atoms with E-state index >= 15 is 0 Å². The van der Waals surface area contributed by atoms with Crippen molar-refractivity contribution in [2.45, 2.75) is 52.1 Å². The second-order valence-electron chi connectivity index (χ2n) is 11.6. The summed E-state index contributed by atoms with van der Waals surface area (Å²) in [6.45, 7) is 15.6. The second kappa shape index (κ2) is 15.5. The summed E-state index contributed by atoms with van der Waals surface area (Å²) in [5.41, 5.74) is 3.08. The van der Waals surface area contributed by atoms with Gasteiger partial charge in [0.1, 0.15) is 5.82 Å². The van der Waals surface area contributed by atoms with Crippen molar-refractivity contribution >= 4 is 36.8 Å². The number of nitrogens with zero attached hydrogens (tertiary/aromatic N) is 1. The fourth-order valence-corrected chi connectivity index (χ4v) is 4.92. The van der Waals surface area contributed by atoms with Crippen LogP contribution in [0, 0.1) is 12.8 Å². The molecule has 0 aliphatic carbocycles. The van der Waals surface area contributed by atoms with Crippen molar-refractivity contribution in [3.63, 3.8) is 0 Å². The van der Waals surface area contributed by atoms with Crippen LogP contribution >= 0.6 is 0 Å². The first-order chi connectivity index (χ1) is 20.8. The number of carbonyl (C=O) groups is 3. The molecule has 8 heteroatoms. The van der Waals surface area contributed by atoms with Crippen molar-refractivity contribution in [1.82, 2.24) is 15.6 Å². The minimum absolute atomic E-state index is 0.268. The Morgan fingerprint density at radius 2 is 1.64 bits per heavy atom. The number of hydrogen-bond donors (Lipinski definition) is 4. The maximum atomic E-state index is 12.8. The molecule has 2 atom stereocenters. The molecule has 3 rings (SSSR count). The number of pyridine rings is 1. The quantitative estimate of drug-likeness (QED) is 0.242. The molecule has 0 saturated heterocycles. The molecule has 2 aromatic carbocycles. The number of aromatic nitrogens is 1. The lowest BCUT2D eigenvalue weighted by Gasteiger charge is -2.29. The number of amides is 2. The average molecular weight is 595 g/mol. The van der Waals surface area contributed by atoms with Crippen molar-refractivity contribution in [1.29, 1.82) is 0 Å². The Kier molecular flexibility index (Phi) is 11.8. The van der Waals surface area contributed by atoms with Crippen LogP contribution in [-0.2, 0) is 14.4 Å². The first-order valence-corrected chi connectivity index (χ1v) is 14.5. The minimum Gasteiger partial charge on any atom is -0.481 e. The molecule has 1 unspecified atom stereocenters. The molecule has 0 bridgehead atoms. The number of carboxylic acid groups (broad SMARTS) is 1. The number of rotatable bonds is 12. The van der Waals surface area contributed by atoms with E-state index in [9.17, 15) is 19.5 Å². The number of hydrogen-bond acceptors (Lipinski definition) is 5. The molecule has 0 spiro atoms. The number of aliphatic carboxylic acids is 1. The molecule has 4 N–H and O–H groups in total. The van der Waals surface area contributed by atoms with Crippen LogP contribution in [0.1, 0.15) is 50.8 Å². The number of aryl methyl sites for hydroxylation is 1. The third-order valence-electron chi connectivity index (χ3n) is 7.05. The van der Waals surface area contributed by atoms with Crippen LogP contribution in [0.15, 0.2) is 85.1 Å². The van der Waals surface area contributed by atoms with Gasteiger partial charge >= 0.3 is 5.97 Å². The fourth-order valence-electron chi connectivity index (χ4n) is 4.92. The summed E-state index contributed by atoms with van der Waals surface area (Å²) in [6, 6.07) is 23.8. The van der Waals surface area contributed by atoms with Crippen LogP contribution in [0.2, 0.25) is 0 Å². The molecule has 3 aromatic rings. The lowest BCUT2D eigenvalue weighted by atomic mass is 9.91. The molecule has 0 aliphatic heterocycles. The zero-order valence-corrected chi connectivity index (χ0v) is 25.9. The molecule has 44 heavy (non-hydrogen) atoms. The van der Waals surface area contributed by atoms with Gasteiger partial charge in [0, 0.05) is 17.7 Å². The van der Waals surface area contributed by atoms with Gasteiger partial charge in [-0.25, -0.2) is 4.98 Å². The second-order valence-corrected chi connectivity index (χ2v) is 11.6. The molecular formula is C36H42N4O4. The van der Waals surface area contributed by atoms with Gasteiger partial charge in [0.25, 0.3) is 0 Å². The number of carboxylic acids is 1. The summed E-state index contributed by atoms with van der Waals surface area (Å²) in [7, 11) is 0. The van der Waals surface area contributed by atoms with Gasteiger partial charge in [0.2, 0.25) is 11.8 Å². The highest BCUT2D eigenvalue weighted by Gasteiger charge is 2.26. The maximum Gasteiger partial charge on any atom is 0.305 e. The van der Waals surface area contributed by atoms with Crippen LogP contribution in [0.3, 0.4) is 0 Å². The highest BCUT2D eigenvalue weighted by atomic mass is 16.4. The Morgan fingerprint density at radius 3 is 2.32 bits per heavy atom. The van der Waals surface area contributed by atoms with Gasteiger partial charge in [0.15, 0.2) is 0 Å². The van der Waals surface area contributed by atoms with E-state index in [1.54, 1.807) is 25.3 Å². The van der Waals surface area contributed by atoms with Gasteiger partial charge in [-0.15, -0.1) is 0 Å². The van der Waals surface area contributed by atoms with Gasteiger partial charge < -0.3 is 21.1 Å². The maximum absolute atomic E-state index is 12.8. The third kappa shape index (κ3) is 10.7. The predicted octanol–water partition coefficient (Wildman–Crippen LogP) is 4.67. The smallest absolute Gasteiger partial charge is 0.305 e. The zero-order valence-electron chi connectivity index (χ0n) is 25.9. The van der Waals surface area contributed by atoms with Crippen molar-refractivity contribution < 1.29 is 19.5 Å². The molecule has 0 saturated carbocycles. The van der Waals surface area contributed by atoms with E-state index < -0.39 is 23.5 Å². The van der Waals surface area contributed by atoms with E-state index in [1.807, 2.05) is 87.5 Å². The normalized spacial score (nSPS) is 12.3. The topological polar surface area (TPSA) is 120 Å². The van der Waals surface area contributed by atoms with Crippen LogP contribution < -0.4 is 26.4 Å². The Labute approximate surface area is 259 Å². The SMILES string of the molecule is C=c1ccccc(=C)c(-c2ccc([C@H](CC(=O)O)NC(=O)CNC(=O)C(C)CC(C)(C)Nc3cc(C)ccn3)cc2)ccc1. The average Bonchev–Trinajstić information content (AvgIpc) is 2.95. The molecule has 0 radical (unpaired) electrons. The number of benzene rings is 1. The Hall–Kier alpha value is -4.98. The standard InChI is InChI=1S/C36H42N4O4/c1-24-10-7-8-12-26(3)30(13-9-11-24)28-14-16-29(17-15-28)31(21-34(42)43)39-33(41)23-38-35(44)27(4)22-36(5,6)40-32-20-25(2)18-19-37-32/h7-20,27,31H,1,3,21-23H2,2,4-6H3,(H,37,40)(H,38,44)(H,39,41)(H,42,43)/t27?,31-/m0/s1. The van der Waals surface area contributed by atoms with Crippen LogP contribution in [0.4, 0.5) is 5.82 Å². The number of carbonyl (C=O) groups excluding carboxylic acids is 2. The molecule has 1 aromatic heterocycles. The summed E-state index contributed by atoms with van der Waals surface area (Å²) in [4.78, 5) is 41.6. The van der Waals surface area contributed by atoms with E-state index in [0.29, 0.717) is 12.0 Å². The van der Waals surface area contributed by atoms with Gasteiger partial charge in [-0.1, -0.05) is 86.8 Å². The summed E-state index contributed by atoms with van der Waals surface area (Å²) in [5, 5.41) is 20.0. The number of nitrogens with one attached hydrogen (secondary N) is 3. The minimum atomic E-state index is -1.05. The fraction of sp³-hybridized carbons (Fsp3) is 0.278. The van der Waals surface area contributed by atoms with E-state index in [4.69, 9.17) is 0 Å². The van der Waals surface area contributed by atoms with Gasteiger partial charge in [-0.3, -0.25) is 14.4 Å². The van der Waals surface area contributed by atoms with Crippen molar-refractivity contribution in [3.8, 4) is 11.1 Å². The zero-order chi connectivity index (χ0) is 32.3. The van der Waals surface area contributed by atoms with Crippen molar-refractivity contribution in [2.24, 2.45) is 5.92 Å². The monoisotopic (exact) mass is 594 g/mol. The van der Waals surface area contributed by atoms with Gasteiger partial charge in [0.05, 0.1) is 19.0 Å². The third-order valence-corrected chi connectivity index (χ3v) is 7.05. The molecule has 8 nitrogen and oxygen atoms in total.